The Morgan fingerprint density at radius 2 is 2.19 bits per heavy atom. The summed E-state index contributed by atoms with van der Waals surface area (Å²) in [6.07, 6.45) is 2.47. The van der Waals surface area contributed by atoms with E-state index in [1.807, 2.05) is 6.92 Å². The van der Waals surface area contributed by atoms with E-state index >= 15 is 0 Å². The molecule has 1 aliphatic rings. The average molecular weight is 223 g/mol. The van der Waals surface area contributed by atoms with Gasteiger partial charge in [0.2, 0.25) is 5.95 Å². The number of aromatic nitrogens is 3. The Morgan fingerprint density at radius 3 is 2.75 bits per heavy atom. The van der Waals surface area contributed by atoms with Crippen LogP contribution in [0.3, 0.4) is 0 Å². The second-order valence-corrected chi connectivity index (χ2v) is 4.46. The first-order chi connectivity index (χ1) is 7.79. The van der Waals surface area contributed by atoms with Crippen LogP contribution in [-0.2, 0) is 0 Å². The number of hydrogen-bond donors (Lipinski definition) is 2. The Labute approximate surface area is 96.6 Å². The van der Waals surface area contributed by atoms with Crippen molar-refractivity contribution in [2.45, 2.75) is 26.7 Å². The molecule has 0 amide bonds. The van der Waals surface area contributed by atoms with Crippen LogP contribution in [-0.4, -0.2) is 41.4 Å². The molecule has 1 aromatic rings. The number of hydrogen-bond acceptors (Lipinski definition) is 4. The fourth-order valence-electron chi connectivity index (χ4n) is 2.16. The summed E-state index contributed by atoms with van der Waals surface area (Å²) in [5, 5.41) is 10.5. The Hall–Kier alpha value is -1.10. The minimum absolute atomic E-state index is 0.816. The minimum Gasteiger partial charge on any atom is -0.340 e. The Bertz CT molecular complexity index is 314. The maximum atomic E-state index is 4.37. The van der Waals surface area contributed by atoms with E-state index < -0.39 is 0 Å². The van der Waals surface area contributed by atoms with E-state index in [0.29, 0.717) is 0 Å². The van der Waals surface area contributed by atoms with Gasteiger partial charge in [-0.15, -0.1) is 5.10 Å². The topological polar surface area (TPSA) is 56.8 Å². The van der Waals surface area contributed by atoms with Crippen molar-refractivity contribution in [3.63, 3.8) is 0 Å². The Kier molecular flexibility index (Phi) is 3.77. The van der Waals surface area contributed by atoms with E-state index in [9.17, 15) is 0 Å². The number of aryl methyl sites for hydroxylation is 1. The molecule has 0 bridgehead atoms. The molecule has 90 valence electrons. The quantitative estimate of drug-likeness (QED) is 0.797. The summed E-state index contributed by atoms with van der Waals surface area (Å²) in [6, 6.07) is 0. The molecule has 0 saturated carbocycles. The minimum atomic E-state index is 0.816. The lowest BCUT2D eigenvalue weighted by atomic mass is 9.97. The highest BCUT2D eigenvalue weighted by Crippen LogP contribution is 2.19. The third-order valence-corrected chi connectivity index (χ3v) is 3.17. The number of anilines is 1. The van der Waals surface area contributed by atoms with Crippen LogP contribution in [0.1, 0.15) is 25.6 Å². The summed E-state index contributed by atoms with van der Waals surface area (Å²) < 4.78 is 0. The van der Waals surface area contributed by atoms with Gasteiger partial charge < -0.3 is 10.2 Å². The van der Waals surface area contributed by atoms with Gasteiger partial charge in [0.1, 0.15) is 5.82 Å². The highest BCUT2D eigenvalue weighted by molar-refractivity contribution is 5.28. The zero-order valence-corrected chi connectivity index (χ0v) is 10.2. The van der Waals surface area contributed by atoms with Crippen molar-refractivity contribution < 1.29 is 0 Å². The zero-order chi connectivity index (χ0) is 11.4. The summed E-state index contributed by atoms with van der Waals surface area (Å²) in [6.45, 7) is 8.47. The SMILES string of the molecule is CCNCC1CCN(c2n[nH]c(C)n2)CC1. The first-order valence-electron chi connectivity index (χ1n) is 6.14. The van der Waals surface area contributed by atoms with E-state index in [4.69, 9.17) is 0 Å². The number of piperidine rings is 1. The molecule has 1 aliphatic heterocycles. The largest absolute Gasteiger partial charge is 0.340 e. The van der Waals surface area contributed by atoms with Gasteiger partial charge in [-0.3, -0.25) is 5.10 Å². The maximum absolute atomic E-state index is 4.37. The second-order valence-electron chi connectivity index (χ2n) is 4.46. The molecule has 2 heterocycles. The third-order valence-electron chi connectivity index (χ3n) is 3.17. The van der Waals surface area contributed by atoms with Crippen LogP contribution >= 0.6 is 0 Å². The van der Waals surface area contributed by atoms with E-state index in [-0.39, 0.29) is 0 Å². The van der Waals surface area contributed by atoms with Gasteiger partial charge in [0.25, 0.3) is 0 Å². The number of H-pyrrole nitrogens is 1. The molecule has 0 unspecified atom stereocenters. The summed E-state index contributed by atoms with van der Waals surface area (Å²) >= 11 is 0. The fraction of sp³-hybridized carbons (Fsp3) is 0.818. The molecule has 1 fully saturated rings. The molecule has 5 heteroatoms. The third kappa shape index (κ3) is 2.72. The summed E-state index contributed by atoms with van der Waals surface area (Å²) in [4.78, 5) is 6.63. The second kappa shape index (κ2) is 5.30. The van der Waals surface area contributed by atoms with Crippen molar-refractivity contribution in [2.24, 2.45) is 5.92 Å². The van der Waals surface area contributed by atoms with Crippen molar-refractivity contribution in [2.75, 3.05) is 31.1 Å². The zero-order valence-electron chi connectivity index (χ0n) is 10.2. The highest BCUT2D eigenvalue weighted by Gasteiger charge is 2.20. The molecular formula is C11H21N5. The molecule has 0 aromatic carbocycles. The summed E-state index contributed by atoms with van der Waals surface area (Å²) in [7, 11) is 0. The van der Waals surface area contributed by atoms with Gasteiger partial charge in [0.05, 0.1) is 0 Å². The fourth-order valence-corrected chi connectivity index (χ4v) is 2.16. The smallest absolute Gasteiger partial charge is 0.244 e. The van der Waals surface area contributed by atoms with Gasteiger partial charge in [0, 0.05) is 13.1 Å². The highest BCUT2D eigenvalue weighted by atomic mass is 15.4. The van der Waals surface area contributed by atoms with E-state index in [0.717, 1.165) is 43.9 Å². The van der Waals surface area contributed by atoms with Crippen LogP contribution in [0.15, 0.2) is 0 Å². The molecule has 0 radical (unpaired) electrons. The van der Waals surface area contributed by atoms with Gasteiger partial charge in [0.15, 0.2) is 0 Å². The summed E-state index contributed by atoms with van der Waals surface area (Å²) in [5.74, 6) is 2.57. The van der Waals surface area contributed by atoms with Crippen molar-refractivity contribution in [1.82, 2.24) is 20.5 Å². The van der Waals surface area contributed by atoms with Gasteiger partial charge in [-0.1, -0.05) is 6.92 Å². The monoisotopic (exact) mass is 223 g/mol. The predicted molar refractivity (Wildman–Crippen MR) is 64.6 cm³/mol. The summed E-state index contributed by atoms with van der Waals surface area (Å²) in [5.41, 5.74) is 0. The molecular weight excluding hydrogens is 202 g/mol. The van der Waals surface area contributed by atoms with Crippen LogP contribution in [0.5, 0.6) is 0 Å². The number of nitrogens with zero attached hydrogens (tertiary/aromatic N) is 3. The molecule has 2 rings (SSSR count). The number of rotatable bonds is 4. The van der Waals surface area contributed by atoms with E-state index in [1.165, 1.54) is 12.8 Å². The van der Waals surface area contributed by atoms with Gasteiger partial charge in [-0.2, -0.15) is 4.98 Å². The van der Waals surface area contributed by atoms with Crippen molar-refractivity contribution in [1.29, 1.82) is 0 Å². The van der Waals surface area contributed by atoms with Crippen molar-refractivity contribution >= 4 is 5.95 Å². The van der Waals surface area contributed by atoms with Crippen LogP contribution in [0.25, 0.3) is 0 Å². The molecule has 5 nitrogen and oxygen atoms in total. The van der Waals surface area contributed by atoms with Crippen molar-refractivity contribution in [3.05, 3.63) is 5.82 Å². The molecule has 2 N–H and O–H groups in total. The first-order valence-corrected chi connectivity index (χ1v) is 6.14. The van der Waals surface area contributed by atoms with E-state index in [2.05, 4.69) is 32.3 Å². The van der Waals surface area contributed by atoms with Gasteiger partial charge >= 0.3 is 0 Å². The van der Waals surface area contributed by atoms with Crippen molar-refractivity contribution in [3.8, 4) is 0 Å². The molecule has 1 saturated heterocycles. The molecule has 0 spiro atoms. The molecule has 16 heavy (non-hydrogen) atoms. The number of aromatic amines is 1. The molecule has 1 aromatic heterocycles. The standard InChI is InChI=1S/C11H21N5/c1-3-12-8-10-4-6-16(7-5-10)11-13-9(2)14-15-11/h10,12H,3-8H2,1-2H3,(H,13,14,15). The average Bonchev–Trinajstić information content (AvgIpc) is 2.74. The normalized spacial score (nSPS) is 18.0. The molecule has 0 aliphatic carbocycles. The van der Waals surface area contributed by atoms with E-state index in [1.54, 1.807) is 0 Å². The van der Waals surface area contributed by atoms with Crippen LogP contribution in [0.2, 0.25) is 0 Å². The predicted octanol–water partition coefficient (Wildman–Crippen LogP) is 0.939. The van der Waals surface area contributed by atoms with Crippen LogP contribution < -0.4 is 10.2 Å². The van der Waals surface area contributed by atoms with Gasteiger partial charge in [-0.05, 0) is 38.8 Å². The lowest BCUT2D eigenvalue weighted by molar-refractivity contribution is 0.384. The molecule has 0 atom stereocenters. The number of nitrogens with one attached hydrogen (secondary N) is 2. The first kappa shape index (κ1) is 11.4. The van der Waals surface area contributed by atoms with Gasteiger partial charge in [-0.25, -0.2) is 0 Å². The Balaban J connectivity index is 1.81. The maximum Gasteiger partial charge on any atom is 0.244 e. The van der Waals surface area contributed by atoms with Crippen LogP contribution in [0, 0.1) is 12.8 Å². The lowest BCUT2D eigenvalue weighted by Gasteiger charge is -2.31. The Morgan fingerprint density at radius 1 is 1.44 bits per heavy atom. The van der Waals surface area contributed by atoms with Crippen LogP contribution in [0.4, 0.5) is 5.95 Å². The lowest BCUT2D eigenvalue weighted by Crippen LogP contribution is -2.37.